The van der Waals surface area contributed by atoms with Crippen LogP contribution in [0.5, 0.6) is 0 Å². The minimum Gasteiger partial charge on any atom is -0.367 e. The van der Waals surface area contributed by atoms with Crippen molar-refractivity contribution >= 4 is 33.2 Å². The fraction of sp³-hybridized carbons (Fsp3) is 0.571. The van der Waals surface area contributed by atoms with Gasteiger partial charge in [0.1, 0.15) is 0 Å². The van der Waals surface area contributed by atoms with E-state index in [-0.39, 0.29) is 0 Å². The van der Waals surface area contributed by atoms with Gasteiger partial charge in [-0.05, 0) is 31.0 Å². The second kappa shape index (κ2) is 5.03. The lowest BCUT2D eigenvalue weighted by molar-refractivity contribution is 0.304. The predicted octanol–water partition coefficient (Wildman–Crippen LogP) is 3.82. The van der Waals surface area contributed by atoms with Gasteiger partial charge in [-0.15, -0.1) is 0 Å². The van der Waals surface area contributed by atoms with Crippen molar-refractivity contribution in [2.75, 3.05) is 24.5 Å². The Morgan fingerprint density at radius 3 is 2.83 bits per heavy atom. The van der Waals surface area contributed by atoms with Gasteiger partial charge in [0.25, 0.3) is 0 Å². The Morgan fingerprint density at radius 2 is 2.06 bits per heavy atom. The van der Waals surface area contributed by atoms with E-state index in [0.717, 1.165) is 29.1 Å². The molecule has 0 atom stereocenters. The number of anilines is 1. The number of piperazine rings is 1. The Balaban J connectivity index is 1.85. The van der Waals surface area contributed by atoms with Crippen molar-refractivity contribution < 1.29 is 0 Å². The highest BCUT2D eigenvalue weighted by Gasteiger charge is 2.37. The molecule has 2 aliphatic rings. The van der Waals surface area contributed by atoms with Gasteiger partial charge in [0.15, 0.2) is 0 Å². The quantitative estimate of drug-likeness (QED) is 0.842. The molecule has 1 aliphatic carbocycles. The minimum atomic E-state index is 0.337. The highest BCUT2D eigenvalue weighted by molar-refractivity contribution is 9.10. The molecule has 1 N–H and O–H groups in total. The van der Waals surface area contributed by atoms with Gasteiger partial charge in [-0.3, -0.25) is 0 Å². The Labute approximate surface area is 122 Å². The van der Waals surface area contributed by atoms with E-state index in [0.29, 0.717) is 5.54 Å². The summed E-state index contributed by atoms with van der Waals surface area (Å²) in [6.07, 6.45) is 5.31. The molecule has 2 nitrogen and oxygen atoms in total. The van der Waals surface area contributed by atoms with Gasteiger partial charge in [0.2, 0.25) is 0 Å². The molecular weight excluding hydrogens is 312 g/mol. The van der Waals surface area contributed by atoms with Gasteiger partial charge in [-0.25, -0.2) is 0 Å². The molecule has 1 aromatic rings. The van der Waals surface area contributed by atoms with Crippen molar-refractivity contribution in [3.05, 3.63) is 27.7 Å². The summed E-state index contributed by atoms with van der Waals surface area (Å²) in [4.78, 5) is 2.44. The van der Waals surface area contributed by atoms with Crippen LogP contribution in [0.3, 0.4) is 0 Å². The van der Waals surface area contributed by atoms with Crippen LogP contribution in [0.25, 0.3) is 0 Å². The lowest BCUT2D eigenvalue weighted by Gasteiger charge is -2.43. The van der Waals surface area contributed by atoms with Crippen LogP contribution in [0.2, 0.25) is 5.02 Å². The summed E-state index contributed by atoms with van der Waals surface area (Å²) in [5, 5.41) is 4.59. The molecule has 3 rings (SSSR count). The first-order valence-corrected chi connectivity index (χ1v) is 7.81. The molecule has 1 aromatic carbocycles. The first-order valence-electron chi connectivity index (χ1n) is 6.64. The van der Waals surface area contributed by atoms with Crippen LogP contribution in [-0.2, 0) is 0 Å². The van der Waals surface area contributed by atoms with Crippen LogP contribution < -0.4 is 10.2 Å². The number of hydrogen-bond acceptors (Lipinski definition) is 2. The average molecular weight is 330 g/mol. The summed E-state index contributed by atoms with van der Waals surface area (Å²) in [6, 6.07) is 6.11. The van der Waals surface area contributed by atoms with E-state index in [4.69, 9.17) is 11.6 Å². The molecule has 1 saturated heterocycles. The van der Waals surface area contributed by atoms with Crippen LogP contribution in [0.1, 0.15) is 25.7 Å². The fourth-order valence-corrected chi connectivity index (χ4v) is 3.86. The van der Waals surface area contributed by atoms with Crippen molar-refractivity contribution in [2.24, 2.45) is 0 Å². The van der Waals surface area contributed by atoms with Crippen LogP contribution >= 0.6 is 27.5 Å². The van der Waals surface area contributed by atoms with Crippen molar-refractivity contribution in [1.82, 2.24) is 5.32 Å². The van der Waals surface area contributed by atoms with Crippen LogP contribution in [0, 0.1) is 0 Å². The number of nitrogens with zero attached hydrogens (tertiary/aromatic N) is 1. The van der Waals surface area contributed by atoms with E-state index in [1.165, 1.54) is 31.4 Å². The van der Waals surface area contributed by atoms with E-state index in [1.54, 1.807) is 0 Å². The molecule has 98 valence electrons. The summed E-state index contributed by atoms with van der Waals surface area (Å²) < 4.78 is 1.10. The van der Waals surface area contributed by atoms with E-state index in [1.807, 2.05) is 12.1 Å². The topological polar surface area (TPSA) is 15.3 Å². The third-order valence-electron chi connectivity index (χ3n) is 4.18. The highest BCUT2D eigenvalue weighted by Crippen LogP contribution is 2.36. The van der Waals surface area contributed by atoms with Gasteiger partial charge in [0.05, 0.1) is 10.7 Å². The van der Waals surface area contributed by atoms with Gasteiger partial charge < -0.3 is 10.2 Å². The molecule has 0 unspecified atom stereocenters. The molecule has 0 bridgehead atoms. The first kappa shape index (κ1) is 12.8. The van der Waals surface area contributed by atoms with Crippen LogP contribution in [0.15, 0.2) is 22.7 Å². The van der Waals surface area contributed by atoms with E-state index < -0.39 is 0 Å². The Kier molecular flexibility index (Phi) is 3.57. The third kappa shape index (κ3) is 2.40. The summed E-state index contributed by atoms with van der Waals surface area (Å²) >= 11 is 9.88. The van der Waals surface area contributed by atoms with Crippen molar-refractivity contribution in [3.8, 4) is 0 Å². The number of halogens is 2. The maximum Gasteiger partial charge on any atom is 0.0640 e. The maximum atomic E-state index is 6.34. The molecular formula is C14H18BrClN2. The zero-order chi connectivity index (χ0) is 12.6. The average Bonchev–Trinajstić information content (AvgIpc) is 2.80. The molecule has 0 aromatic heterocycles. The second-order valence-corrected chi connectivity index (χ2v) is 6.75. The molecule has 2 fully saturated rings. The molecule has 18 heavy (non-hydrogen) atoms. The largest absolute Gasteiger partial charge is 0.367 e. The SMILES string of the molecule is Clc1ccc(Br)cc1N1CCNC2(CCCC2)C1. The van der Waals surface area contributed by atoms with Crippen molar-refractivity contribution in [2.45, 2.75) is 31.2 Å². The molecule has 1 spiro atoms. The zero-order valence-corrected chi connectivity index (χ0v) is 12.7. The molecule has 0 radical (unpaired) electrons. The van der Waals surface area contributed by atoms with Crippen molar-refractivity contribution in [1.29, 1.82) is 0 Å². The first-order chi connectivity index (χ1) is 8.69. The normalized spacial score (nSPS) is 22.7. The molecule has 1 heterocycles. The van der Waals surface area contributed by atoms with Crippen molar-refractivity contribution in [3.63, 3.8) is 0 Å². The zero-order valence-electron chi connectivity index (χ0n) is 10.4. The number of rotatable bonds is 1. The lowest BCUT2D eigenvalue weighted by atomic mass is 9.94. The number of benzene rings is 1. The Hall–Kier alpha value is -0.250. The van der Waals surface area contributed by atoms with Gasteiger partial charge >= 0.3 is 0 Å². The summed E-state index contributed by atoms with van der Waals surface area (Å²) in [5.74, 6) is 0. The summed E-state index contributed by atoms with van der Waals surface area (Å²) in [6.45, 7) is 3.18. The van der Waals surface area contributed by atoms with Crippen LogP contribution in [0.4, 0.5) is 5.69 Å². The monoisotopic (exact) mass is 328 g/mol. The molecule has 4 heteroatoms. The van der Waals surface area contributed by atoms with E-state index >= 15 is 0 Å². The molecule has 1 saturated carbocycles. The van der Waals surface area contributed by atoms with Crippen LogP contribution in [-0.4, -0.2) is 25.2 Å². The Bertz CT molecular complexity index is 443. The van der Waals surface area contributed by atoms with E-state index in [2.05, 4.69) is 32.2 Å². The third-order valence-corrected chi connectivity index (χ3v) is 5.00. The molecule has 0 amide bonds. The number of hydrogen-bond donors (Lipinski definition) is 1. The van der Waals surface area contributed by atoms with Gasteiger partial charge in [-0.1, -0.05) is 40.4 Å². The standard InChI is InChI=1S/C14H18BrClN2/c15-11-3-4-12(16)13(9-11)18-8-7-17-14(10-18)5-1-2-6-14/h3-4,9,17H,1-2,5-8,10H2. The maximum absolute atomic E-state index is 6.34. The Morgan fingerprint density at radius 1 is 1.28 bits per heavy atom. The second-order valence-electron chi connectivity index (χ2n) is 5.43. The molecule has 1 aliphatic heterocycles. The summed E-state index contributed by atoms with van der Waals surface area (Å²) in [5.41, 5.74) is 1.50. The lowest BCUT2D eigenvalue weighted by Crippen LogP contribution is -2.59. The smallest absolute Gasteiger partial charge is 0.0640 e. The predicted molar refractivity (Wildman–Crippen MR) is 80.6 cm³/mol. The van der Waals surface area contributed by atoms with Gasteiger partial charge in [0, 0.05) is 29.6 Å². The fourth-order valence-electron chi connectivity index (χ4n) is 3.28. The van der Waals surface area contributed by atoms with E-state index in [9.17, 15) is 0 Å². The number of nitrogens with one attached hydrogen (secondary N) is 1. The minimum absolute atomic E-state index is 0.337. The highest BCUT2D eigenvalue weighted by atomic mass is 79.9. The summed E-state index contributed by atoms with van der Waals surface area (Å²) in [7, 11) is 0. The van der Waals surface area contributed by atoms with Gasteiger partial charge in [-0.2, -0.15) is 0 Å².